The van der Waals surface area contributed by atoms with E-state index in [4.69, 9.17) is 4.74 Å². The van der Waals surface area contributed by atoms with E-state index in [-0.39, 0.29) is 12.0 Å². The lowest BCUT2D eigenvalue weighted by Gasteiger charge is -2.35. The molecule has 0 aromatic carbocycles. The van der Waals surface area contributed by atoms with Crippen LogP contribution in [0, 0.1) is 0 Å². The number of hydrogen-bond acceptors (Lipinski definition) is 7. The lowest BCUT2D eigenvalue weighted by Crippen LogP contribution is -2.52. The summed E-state index contributed by atoms with van der Waals surface area (Å²) in [6.07, 6.45) is 2.13. The van der Waals surface area contributed by atoms with Crippen LogP contribution in [-0.4, -0.2) is 71.4 Å². The summed E-state index contributed by atoms with van der Waals surface area (Å²) in [4.78, 5) is 16.7. The molecule has 1 unspecified atom stereocenters. The first-order valence-electron chi connectivity index (χ1n) is 7.88. The average molecular weight is 340 g/mol. The minimum Gasteiger partial charge on any atom is -0.365 e. The summed E-state index contributed by atoms with van der Waals surface area (Å²) in [5, 5.41) is 10.7. The molecule has 0 N–H and O–H groups in total. The van der Waals surface area contributed by atoms with Crippen molar-refractivity contribution < 1.29 is 9.53 Å². The molecular formula is C14H20N4O2S2. The molecule has 1 atom stereocenters. The SMILES string of the molecule is O=C(C1CN(c2nnc(C3CC3)s2)CCO1)N1CCSCC1. The average Bonchev–Trinajstić information content (AvgIpc) is 3.32. The fourth-order valence-corrected chi connectivity index (χ4v) is 4.76. The van der Waals surface area contributed by atoms with Crippen molar-refractivity contribution in [2.24, 2.45) is 0 Å². The summed E-state index contributed by atoms with van der Waals surface area (Å²) in [5.74, 6) is 2.83. The zero-order valence-corrected chi connectivity index (χ0v) is 14.1. The van der Waals surface area contributed by atoms with Gasteiger partial charge in [0.1, 0.15) is 5.01 Å². The maximum Gasteiger partial charge on any atom is 0.253 e. The Bertz CT molecular complexity index is 543. The maximum absolute atomic E-state index is 12.6. The molecule has 3 fully saturated rings. The van der Waals surface area contributed by atoms with E-state index in [1.807, 2.05) is 16.7 Å². The van der Waals surface area contributed by atoms with E-state index in [2.05, 4.69) is 15.1 Å². The van der Waals surface area contributed by atoms with Crippen molar-refractivity contribution in [1.82, 2.24) is 15.1 Å². The Morgan fingerprint density at radius 1 is 1.18 bits per heavy atom. The van der Waals surface area contributed by atoms with Gasteiger partial charge in [-0.2, -0.15) is 11.8 Å². The predicted octanol–water partition coefficient (Wildman–Crippen LogP) is 1.20. The third-order valence-corrected chi connectivity index (χ3v) is 6.38. The number of aromatic nitrogens is 2. The third-order valence-electron chi connectivity index (χ3n) is 4.29. The molecular weight excluding hydrogens is 320 g/mol. The van der Waals surface area contributed by atoms with Gasteiger partial charge in [-0.05, 0) is 12.8 Å². The number of carbonyl (C=O) groups is 1. The minimum absolute atomic E-state index is 0.136. The Balaban J connectivity index is 1.40. The van der Waals surface area contributed by atoms with Gasteiger partial charge in [0.25, 0.3) is 5.91 Å². The number of carbonyl (C=O) groups excluding carboxylic acids is 1. The Morgan fingerprint density at radius 2 is 2.00 bits per heavy atom. The Kier molecular flexibility index (Phi) is 4.23. The fourth-order valence-electron chi connectivity index (χ4n) is 2.81. The molecule has 6 nitrogen and oxygen atoms in total. The number of morpholine rings is 1. The number of amides is 1. The fraction of sp³-hybridized carbons (Fsp3) is 0.786. The van der Waals surface area contributed by atoms with Gasteiger partial charge in [-0.25, -0.2) is 0 Å². The second kappa shape index (κ2) is 6.33. The molecule has 0 radical (unpaired) electrons. The van der Waals surface area contributed by atoms with Crippen molar-refractivity contribution in [3.8, 4) is 0 Å². The van der Waals surface area contributed by atoms with Gasteiger partial charge in [0.15, 0.2) is 6.10 Å². The molecule has 22 heavy (non-hydrogen) atoms. The standard InChI is InChI=1S/C14H20N4O2S2/c19-13(17-4-7-21-8-5-17)11-9-18(3-6-20-11)14-16-15-12(22-14)10-1-2-10/h10-11H,1-9H2. The van der Waals surface area contributed by atoms with Crippen LogP contribution < -0.4 is 4.90 Å². The van der Waals surface area contributed by atoms with Crippen LogP contribution in [0.25, 0.3) is 0 Å². The molecule has 0 bridgehead atoms. The van der Waals surface area contributed by atoms with Crippen molar-refractivity contribution in [2.75, 3.05) is 49.2 Å². The van der Waals surface area contributed by atoms with Crippen molar-refractivity contribution in [3.05, 3.63) is 5.01 Å². The first kappa shape index (κ1) is 14.7. The molecule has 4 rings (SSSR count). The van der Waals surface area contributed by atoms with Gasteiger partial charge < -0.3 is 14.5 Å². The molecule has 120 valence electrons. The van der Waals surface area contributed by atoms with Gasteiger partial charge in [0.05, 0.1) is 13.2 Å². The number of thioether (sulfide) groups is 1. The minimum atomic E-state index is -0.356. The van der Waals surface area contributed by atoms with E-state index in [9.17, 15) is 4.79 Å². The summed E-state index contributed by atoms with van der Waals surface area (Å²) in [6.45, 7) is 3.65. The Hall–Kier alpha value is -0.860. The zero-order valence-electron chi connectivity index (χ0n) is 12.4. The molecule has 0 spiro atoms. The van der Waals surface area contributed by atoms with Gasteiger partial charge in [-0.1, -0.05) is 11.3 Å². The highest BCUT2D eigenvalue weighted by molar-refractivity contribution is 7.99. The Labute approximate surface area is 138 Å². The highest BCUT2D eigenvalue weighted by atomic mass is 32.2. The molecule has 3 aliphatic rings. The number of ether oxygens (including phenoxy) is 1. The molecule has 8 heteroatoms. The number of nitrogens with zero attached hydrogens (tertiary/aromatic N) is 4. The molecule has 3 heterocycles. The number of anilines is 1. The van der Waals surface area contributed by atoms with Crippen LogP contribution in [-0.2, 0) is 9.53 Å². The Morgan fingerprint density at radius 3 is 2.77 bits per heavy atom. The lowest BCUT2D eigenvalue weighted by atomic mass is 10.2. The topological polar surface area (TPSA) is 58.6 Å². The van der Waals surface area contributed by atoms with Crippen LogP contribution in [0.5, 0.6) is 0 Å². The van der Waals surface area contributed by atoms with E-state index < -0.39 is 0 Å². The summed E-state index contributed by atoms with van der Waals surface area (Å²) in [7, 11) is 0. The zero-order chi connectivity index (χ0) is 14.9. The maximum atomic E-state index is 12.6. The molecule has 1 aromatic heterocycles. The van der Waals surface area contributed by atoms with Gasteiger partial charge in [0, 0.05) is 37.1 Å². The largest absolute Gasteiger partial charge is 0.365 e. The molecule has 2 aliphatic heterocycles. The van der Waals surface area contributed by atoms with Crippen LogP contribution in [0.2, 0.25) is 0 Å². The first-order valence-corrected chi connectivity index (χ1v) is 9.85. The number of rotatable bonds is 3. The van der Waals surface area contributed by atoms with E-state index >= 15 is 0 Å². The lowest BCUT2D eigenvalue weighted by molar-refractivity contribution is -0.144. The van der Waals surface area contributed by atoms with E-state index in [0.717, 1.165) is 41.3 Å². The highest BCUT2D eigenvalue weighted by Gasteiger charge is 2.33. The van der Waals surface area contributed by atoms with Crippen molar-refractivity contribution >= 4 is 34.1 Å². The van der Waals surface area contributed by atoms with Gasteiger partial charge in [0.2, 0.25) is 5.13 Å². The predicted molar refractivity (Wildman–Crippen MR) is 87.7 cm³/mol. The molecule has 1 saturated carbocycles. The summed E-state index contributed by atoms with van der Waals surface area (Å²) in [5.41, 5.74) is 0. The highest BCUT2D eigenvalue weighted by Crippen LogP contribution is 2.42. The summed E-state index contributed by atoms with van der Waals surface area (Å²) in [6, 6.07) is 0. The van der Waals surface area contributed by atoms with Crippen LogP contribution in [0.4, 0.5) is 5.13 Å². The second-order valence-electron chi connectivity index (χ2n) is 5.94. The van der Waals surface area contributed by atoms with Crippen LogP contribution >= 0.6 is 23.1 Å². The molecule has 2 saturated heterocycles. The quantitative estimate of drug-likeness (QED) is 0.824. The smallest absolute Gasteiger partial charge is 0.253 e. The molecule has 1 amide bonds. The summed E-state index contributed by atoms with van der Waals surface area (Å²) < 4.78 is 5.73. The van der Waals surface area contributed by atoms with Gasteiger partial charge in [-0.15, -0.1) is 10.2 Å². The van der Waals surface area contributed by atoms with E-state index in [1.165, 1.54) is 12.8 Å². The van der Waals surface area contributed by atoms with Crippen molar-refractivity contribution in [2.45, 2.75) is 24.9 Å². The summed E-state index contributed by atoms with van der Waals surface area (Å²) >= 11 is 3.59. The third kappa shape index (κ3) is 3.09. The van der Waals surface area contributed by atoms with Crippen molar-refractivity contribution in [3.63, 3.8) is 0 Å². The van der Waals surface area contributed by atoms with Crippen molar-refractivity contribution in [1.29, 1.82) is 0 Å². The second-order valence-corrected chi connectivity index (χ2v) is 8.15. The van der Waals surface area contributed by atoms with E-state index in [1.54, 1.807) is 11.3 Å². The van der Waals surface area contributed by atoms with Crippen LogP contribution in [0.15, 0.2) is 0 Å². The first-order chi connectivity index (χ1) is 10.8. The van der Waals surface area contributed by atoms with Gasteiger partial charge >= 0.3 is 0 Å². The van der Waals surface area contributed by atoms with Crippen LogP contribution in [0.1, 0.15) is 23.8 Å². The molecule has 1 aliphatic carbocycles. The monoisotopic (exact) mass is 340 g/mol. The normalized spacial score (nSPS) is 26.3. The molecule has 1 aromatic rings. The van der Waals surface area contributed by atoms with E-state index in [0.29, 0.717) is 19.1 Å². The van der Waals surface area contributed by atoms with Crippen LogP contribution in [0.3, 0.4) is 0 Å². The van der Waals surface area contributed by atoms with Gasteiger partial charge in [-0.3, -0.25) is 4.79 Å². The number of hydrogen-bond donors (Lipinski definition) is 0.